The van der Waals surface area contributed by atoms with Crippen LogP contribution in [0.4, 0.5) is 24.5 Å². The Kier molecular flexibility index (Phi) is 6.18. The standard InChI is InChI=1S/C17H16F3N3O3S2/c18-13-5-6-14(16(20)15(13)19)22-17(27)21-11-1-3-12(4-2-11)28(24,25)23-7-9-26-10-8-23/h1-6H,7-10H2,(H2,21,22,27). The lowest BCUT2D eigenvalue weighted by molar-refractivity contribution is 0.0730. The molecule has 0 radical (unpaired) electrons. The molecule has 3 rings (SSSR count). The van der Waals surface area contributed by atoms with Gasteiger partial charge in [0.1, 0.15) is 0 Å². The largest absolute Gasteiger partial charge is 0.379 e. The first kappa shape index (κ1) is 20.5. The Bertz CT molecular complexity index is 979. The quantitative estimate of drug-likeness (QED) is 0.573. The molecular weight excluding hydrogens is 415 g/mol. The van der Waals surface area contributed by atoms with E-state index in [0.717, 1.165) is 12.1 Å². The summed E-state index contributed by atoms with van der Waals surface area (Å²) >= 11 is 5.02. The Morgan fingerprint density at radius 3 is 2.25 bits per heavy atom. The zero-order chi connectivity index (χ0) is 20.3. The molecule has 2 aromatic carbocycles. The number of hydrogen-bond donors (Lipinski definition) is 2. The van der Waals surface area contributed by atoms with E-state index in [0.29, 0.717) is 18.9 Å². The van der Waals surface area contributed by atoms with Gasteiger partial charge in [-0.05, 0) is 48.6 Å². The molecule has 0 amide bonds. The van der Waals surface area contributed by atoms with Crippen LogP contribution >= 0.6 is 12.2 Å². The summed E-state index contributed by atoms with van der Waals surface area (Å²) in [5.41, 5.74) is 0.101. The molecular formula is C17H16F3N3O3S2. The molecule has 0 spiro atoms. The minimum atomic E-state index is -3.62. The Balaban J connectivity index is 1.67. The molecule has 2 N–H and O–H groups in total. The van der Waals surface area contributed by atoms with Crippen molar-refractivity contribution in [1.29, 1.82) is 0 Å². The van der Waals surface area contributed by atoms with E-state index < -0.39 is 27.5 Å². The van der Waals surface area contributed by atoms with Crippen molar-refractivity contribution in [2.24, 2.45) is 0 Å². The number of sulfonamides is 1. The van der Waals surface area contributed by atoms with Crippen molar-refractivity contribution in [3.05, 3.63) is 53.8 Å². The lowest BCUT2D eigenvalue weighted by Gasteiger charge is -2.26. The van der Waals surface area contributed by atoms with Crippen molar-refractivity contribution in [2.75, 3.05) is 36.9 Å². The van der Waals surface area contributed by atoms with Gasteiger partial charge >= 0.3 is 0 Å². The molecule has 6 nitrogen and oxygen atoms in total. The number of nitrogens with zero attached hydrogens (tertiary/aromatic N) is 1. The monoisotopic (exact) mass is 431 g/mol. The predicted octanol–water partition coefficient (Wildman–Crippen LogP) is 2.93. The Labute approximate surface area is 165 Å². The minimum Gasteiger partial charge on any atom is -0.379 e. The first-order valence-electron chi connectivity index (χ1n) is 8.18. The Hall–Kier alpha value is -2.21. The number of rotatable bonds is 4. The number of anilines is 2. The van der Waals surface area contributed by atoms with E-state index in [1.165, 1.54) is 28.6 Å². The van der Waals surface area contributed by atoms with Gasteiger partial charge in [0.2, 0.25) is 10.0 Å². The average molecular weight is 431 g/mol. The van der Waals surface area contributed by atoms with Gasteiger partial charge in [0, 0.05) is 18.8 Å². The van der Waals surface area contributed by atoms with E-state index in [9.17, 15) is 21.6 Å². The number of thiocarbonyl (C=S) groups is 1. The van der Waals surface area contributed by atoms with Crippen LogP contribution < -0.4 is 10.6 Å². The maximum absolute atomic E-state index is 13.7. The van der Waals surface area contributed by atoms with Crippen LogP contribution in [0.1, 0.15) is 0 Å². The van der Waals surface area contributed by atoms with Crippen LogP contribution in [0.25, 0.3) is 0 Å². The van der Waals surface area contributed by atoms with Gasteiger partial charge in [-0.2, -0.15) is 4.31 Å². The van der Waals surface area contributed by atoms with Gasteiger partial charge in [-0.15, -0.1) is 0 Å². The molecule has 1 aliphatic rings. The fraction of sp³-hybridized carbons (Fsp3) is 0.235. The van der Waals surface area contributed by atoms with Crippen molar-refractivity contribution < 1.29 is 26.3 Å². The van der Waals surface area contributed by atoms with Crippen LogP contribution in [0.15, 0.2) is 41.3 Å². The van der Waals surface area contributed by atoms with E-state index in [-0.39, 0.29) is 28.8 Å². The summed E-state index contributed by atoms with van der Waals surface area (Å²) in [5.74, 6) is -4.31. The molecule has 2 aromatic rings. The van der Waals surface area contributed by atoms with Gasteiger partial charge in [0.25, 0.3) is 0 Å². The van der Waals surface area contributed by atoms with Crippen molar-refractivity contribution in [1.82, 2.24) is 4.31 Å². The summed E-state index contributed by atoms with van der Waals surface area (Å²) in [6.45, 7) is 1.27. The molecule has 150 valence electrons. The number of halogens is 3. The van der Waals surface area contributed by atoms with Crippen molar-refractivity contribution in [3.63, 3.8) is 0 Å². The molecule has 0 aromatic heterocycles. The van der Waals surface area contributed by atoms with Crippen LogP contribution in [0.3, 0.4) is 0 Å². The first-order chi connectivity index (χ1) is 13.3. The highest BCUT2D eigenvalue weighted by Gasteiger charge is 2.26. The van der Waals surface area contributed by atoms with E-state index in [1.54, 1.807) is 0 Å². The Morgan fingerprint density at radius 1 is 0.964 bits per heavy atom. The van der Waals surface area contributed by atoms with Crippen molar-refractivity contribution in [3.8, 4) is 0 Å². The van der Waals surface area contributed by atoms with Crippen LogP contribution in [-0.4, -0.2) is 44.1 Å². The molecule has 0 bridgehead atoms. The molecule has 0 unspecified atom stereocenters. The fourth-order valence-corrected chi connectivity index (χ4v) is 4.19. The molecule has 1 saturated heterocycles. The second kappa shape index (κ2) is 8.43. The van der Waals surface area contributed by atoms with Gasteiger partial charge in [-0.3, -0.25) is 0 Å². The maximum Gasteiger partial charge on any atom is 0.243 e. The second-order valence-corrected chi connectivity index (χ2v) is 8.19. The van der Waals surface area contributed by atoms with Gasteiger partial charge in [-0.25, -0.2) is 21.6 Å². The van der Waals surface area contributed by atoms with Gasteiger partial charge in [-0.1, -0.05) is 0 Å². The van der Waals surface area contributed by atoms with Crippen LogP contribution in [-0.2, 0) is 14.8 Å². The van der Waals surface area contributed by atoms with Crippen molar-refractivity contribution in [2.45, 2.75) is 4.90 Å². The fourth-order valence-electron chi connectivity index (χ4n) is 2.55. The lowest BCUT2D eigenvalue weighted by Crippen LogP contribution is -2.40. The van der Waals surface area contributed by atoms with Gasteiger partial charge in [0.15, 0.2) is 22.6 Å². The summed E-state index contributed by atoms with van der Waals surface area (Å²) in [6.07, 6.45) is 0. The summed E-state index contributed by atoms with van der Waals surface area (Å²) in [5, 5.41) is 5.07. The normalized spacial score (nSPS) is 15.2. The third kappa shape index (κ3) is 4.43. The third-order valence-corrected chi connectivity index (χ3v) is 6.12. The summed E-state index contributed by atoms with van der Waals surface area (Å²) < 4.78 is 71.5. The summed E-state index contributed by atoms with van der Waals surface area (Å²) in [7, 11) is -3.62. The predicted molar refractivity (Wildman–Crippen MR) is 102 cm³/mol. The van der Waals surface area contributed by atoms with E-state index in [2.05, 4.69) is 10.6 Å². The SMILES string of the molecule is O=S(=O)(c1ccc(NC(=S)Nc2ccc(F)c(F)c2F)cc1)N1CCOCC1. The number of morpholine rings is 1. The van der Waals surface area contributed by atoms with Gasteiger partial charge < -0.3 is 15.4 Å². The van der Waals surface area contributed by atoms with E-state index in [1.807, 2.05) is 0 Å². The minimum absolute atomic E-state index is 0.0753. The highest BCUT2D eigenvalue weighted by Crippen LogP contribution is 2.21. The zero-order valence-corrected chi connectivity index (χ0v) is 16.0. The molecule has 1 fully saturated rings. The maximum atomic E-state index is 13.7. The molecule has 0 aliphatic carbocycles. The summed E-state index contributed by atoms with van der Waals surface area (Å²) in [4.78, 5) is 0.116. The highest BCUT2D eigenvalue weighted by atomic mass is 32.2. The van der Waals surface area contributed by atoms with E-state index >= 15 is 0 Å². The number of ether oxygens (including phenoxy) is 1. The van der Waals surface area contributed by atoms with Crippen molar-refractivity contribution >= 4 is 38.7 Å². The topological polar surface area (TPSA) is 70.7 Å². The van der Waals surface area contributed by atoms with Crippen LogP contribution in [0.2, 0.25) is 0 Å². The smallest absolute Gasteiger partial charge is 0.243 e. The lowest BCUT2D eigenvalue weighted by atomic mass is 10.3. The second-order valence-electron chi connectivity index (χ2n) is 5.84. The van der Waals surface area contributed by atoms with Gasteiger partial charge in [0.05, 0.1) is 23.8 Å². The molecule has 28 heavy (non-hydrogen) atoms. The van der Waals surface area contributed by atoms with Crippen LogP contribution in [0, 0.1) is 17.5 Å². The van der Waals surface area contributed by atoms with Crippen LogP contribution in [0.5, 0.6) is 0 Å². The molecule has 1 aliphatic heterocycles. The van der Waals surface area contributed by atoms with E-state index in [4.69, 9.17) is 17.0 Å². The molecule has 0 saturated carbocycles. The highest BCUT2D eigenvalue weighted by molar-refractivity contribution is 7.89. The average Bonchev–Trinajstić information content (AvgIpc) is 2.69. The zero-order valence-electron chi connectivity index (χ0n) is 14.4. The first-order valence-corrected chi connectivity index (χ1v) is 10.0. The molecule has 1 heterocycles. The molecule has 11 heteroatoms. The third-order valence-electron chi connectivity index (χ3n) is 4.00. The Morgan fingerprint density at radius 2 is 1.61 bits per heavy atom. The number of nitrogens with one attached hydrogen (secondary N) is 2. The summed E-state index contributed by atoms with van der Waals surface area (Å²) in [6, 6.07) is 7.59. The number of benzene rings is 2. The molecule has 0 atom stereocenters. The number of hydrogen-bond acceptors (Lipinski definition) is 4.